The van der Waals surface area contributed by atoms with Crippen LogP contribution in [0.2, 0.25) is 0 Å². The normalized spacial score (nSPS) is 11.5. The number of fused-ring (bicyclic) bond motifs is 6. The number of hydrogen-bond acceptors (Lipinski definition) is 3. The Morgan fingerprint density at radius 1 is 0.206 bits per heavy atom. The maximum absolute atomic E-state index is 2.38. The van der Waals surface area contributed by atoms with Crippen LogP contribution in [-0.2, 0) is 0 Å². The van der Waals surface area contributed by atoms with E-state index in [1.54, 1.807) is 0 Å². The molecule has 0 aliphatic carbocycles. The van der Waals surface area contributed by atoms with E-state index in [0.29, 0.717) is 0 Å². The molecule has 3 heteroatoms. The molecule has 0 amide bonds. The molecule has 0 saturated carbocycles. The van der Waals surface area contributed by atoms with E-state index in [1.807, 2.05) is 22.7 Å². The second kappa shape index (κ2) is 15.7. The van der Waals surface area contributed by atoms with E-state index in [2.05, 4.69) is 241 Å². The van der Waals surface area contributed by atoms with Crippen LogP contribution in [0.5, 0.6) is 0 Å². The molecule has 0 aliphatic heterocycles. The highest BCUT2D eigenvalue weighted by Crippen LogP contribution is 2.46. The molecule has 0 atom stereocenters. The van der Waals surface area contributed by atoms with E-state index in [1.165, 1.54) is 96.0 Å². The molecule has 0 unspecified atom stereocenters. The lowest BCUT2D eigenvalue weighted by Gasteiger charge is -2.26. The van der Waals surface area contributed by atoms with Crippen LogP contribution in [0.25, 0.3) is 96.0 Å². The monoisotopic (exact) mass is 837 g/mol. The molecule has 2 aromatic heterocycles. The van der Waals surface area contributed by atoms with Crippen LogP contribution in [0.1, 0.15) is 0 Å². The SMILES string of the molecule is c1ccc(-c2ccc(N(c3ccc(-c4cccc5c4sc4c(-c6ccccc6)cccc45)cc3)c3ccc(-c4cccc5c4sc4c(-c6ccccc6)cccc45)cc3)cc2)cc1. The molecule has 12 rings (SSSR count). The van der Waals surface area contributed by atoms with Gasteiger partial charge in [0.15, 0.2) is 0 Å². The molecule has 296 valence electrons. The Kier molecular flexibility index (Phi) is 9.29. The average Bonchev–Trinajstić information content (AvgIpc) is 3.95. The second-order valence-corrected chi connectivity index (χ2v) is 18.0. The molecule has 63 heavy (non-hydrogen) atoms. The van der Waals surface area contributed by atoms with E-state index in [0.717, 1.165) is 17.1 Å². The third-order valence-electron chi connectivity index (χ3n) is 12.3. The fraction of sp³-hybridized carbons (Fsp3) is 0. The first kappa shape index (κ1) is 37.2. The molecule has 0 fully saturated rings. The van der Waals surface area contributed by atoms with Crippen molar-refractivity contribution in [2.24, 2.45) is 0 Å². The van der Waals surface area contributed by atoms with Gasteiger partial charge in [0.05, 0.1) is 0 Å². The van der Waals surface area contributed by atoms with Crippen molar-refractivity contribution in [2.75, 3.05) is 4.90 Å². The van der Waals surface area contributed by atoms with Gasteiger partial charge in [0.1, 0.15) is 0 Å². The number of nitrogens with zero attached hydrogens (tertiary/aromatic N) is 1. The maximum Gasteiger partial charge on any atom is 0.0462 e. The molecular weight excluding hydrogens is 799 g/mol. The van der Waals surface area contributed by atoms with Gasteiger partial charge in [-0.3, -0.25) is 0 Å². The molecule has 0 bridgehead atoms. The molecule has 0 saturated heterocycles. The van der Waals surface area contributed by atoms with E-state index >= 15 is 0 Å². The van der Waals surface area contributed by atoms with Gasteiger partial charge in [0.25, 0.3) is 0 Å². The fourth-order valence-electron chi connectivity index (χ4n) is 9.25. The topological polar surface area (TPSA) is 3.24 Å². The fourth-order valence-corrected chi connectivity index (χ4v) is 12.0. The van der Waals surface area contributed by atoms with Crippen LogP contribution in [0.3, 0.4) is 0 Å². The second-order valence-electron chi connectivity index (χ2n) is 16.0. The quantitative estimate of drug-likeness (QED) is 0.147. The summed E-state index contributed by atoms with van der Waals surface area (Å²) in [6, 6.07) is 86.2. The molecule has 1 nitrogen and oxygen atoms in total. The van der Waals surface area contributed by atoms with Gasteiger partial charge in [-0.05, 0) is 92.0 Å². The summed E-state index contributed by atoms with van der Waals surface area (Å²) in [5, 5.41) is 5.22. The van der Waals surface area contributed by atoms with Gasteiger partial charge in [0.2, 0.25) is 0 Å². The van der Waals surface area contributed by atoms with Crippen LogP contribution >= 0.6 is 22.7 Å². The highest BCUT2D eigenvalue weighted by Gasteiger charge is 2.18. The third kappa shape index (κ3) is 6.61. The van der Waals surface area contributed by atoms with Crippen LogP contribution in [0.4, 0.5) is 17.1 Å². The van der Waals surface area contributed by atoms with E-state index in [-0.39, 0.29) is 0 Å². The van der Waals surface area contributed by atoms with E-state index < -0.39 is 0 Å². The van der Waals surface area contributed by atoms with Crippen molar-refractivity contribution in [1.82, 2.24) is 0 Å². The number of hydrogen-bond donors (Lipinski definition) is 0. The number of benzene rings is 10. The summed E-state index contributed by atoms with van der Waals surface area (Å²) in [6.45, 7) is 0. The Morgan fingerprint density at radius 3 is 0.778 bits per heavy atom. The van der Waals surface area contributed by atoms with E-state index in [9.17, 15) is 0 Å². The van der Waals surface area contributed by atoms with Gasteiger partial charge >= 0.3 is 0 Å². The van der Waals surface area contributed by atoms with Gasteiger partial charge in [-0.2, -0.15) is 0 Å². The summed E-state index contributed by atoms with van der Waals surface area (Å²) in [5.74, 6) is 0. The molecule has 12 aromatic rings. The largest absolute Gasteiger partial charge is 0.311 e. The lowest BCUT2D eigenvalue weighted by molar-refractivity contribution is 1.28. The third-order valence-corrected chi connectivity index (χ3v) is 14.9. The van der Waals surface area contributed by atoms with Crippen molar-refractivity contribution in [1.29, 1.82) is 0 Å². The summed E-state index contributed by atoms with van der Waals surface area (Å²) < 4.78 is 5.30. The summed E-state index contributed by atoms with van der Waals surface area (Å²) in [6.07, 6.45) is 0. The summed E-state index contributed by atoms with van der Waals surface area (Å²) in [7, 11) is 0. The van der Waals surface area contributed by atoms with Gasteiger partial charge in [-0.25, -0.2) is 0 Å². The van der Waals surface area contributed by atoms with Crippen LogP contribution < -0.4 is 4.90 Å². The Labute approximate surface area is 375 Å². The zero-order valence-electron chi connectivity index (χ0n) is 34.3. The number of anilines is 3. The first-order valence-corrected chi connectivity index (χ1v) is 23.0. The predicted molar refractivity (Wildman–Crippen MR) is 274 cm³/mol. The van der Waals surface area contributed by atoms with Crippen LogP contribution in [0, 0.1) is 0 Å². The first-order chi connectivity index (χ1) is 31.2. The summed E-state index contributed by atoms with van der Waals surface area (Å²) in [4.78, 5) is 2.38. The van der Waals surface area contributed by atoms with Crippen LogP contribution in [-0.4, -0.2) is 0 Å². The maximum atomic E-state index is 2.38. The Bertz CT molecular complexity index is 3370. The lowest BCUT2D eigenvalue weighted by atomic mass is 9.99. The van der Waals surface area contributed by atoms with Crippen molar-refractivity contribution in [3.63, 3.8) is 0 Å². The number of rotatable bonds is 8. The zero-order valence-corrected chi connectivity index (χ0v) is 35.9. The van der Waals surface area contributed by atoms with E-state index in [4.69, 9.17) is 0 Å². The molecule has 0 aliphatic rings. The highest BCUT2D eigenvalue weighted by molar-refractivity contribution is 7.27. The molecule has 2 heterocycles. The molecular formula is C60H39NS2. The minimum atomic E-state index is 1.11. The van der Waals surface area contributed by atoms with Crippen molar-refractivity contribution < 1.29 is 0 Å². The van der Waals surface area contributed by atoms with Crippen LogP contribution in [0.15, 0.2) is 237 Å². The Morgan fingerprint density at radius 2 is 0.460 bits per heavy atom. The lowest BCUT2D eigenvalue weighted by Crippen LogP contribution is -2.09. The zero-order chi connectivity index (χ0) is 41.7. The summed E-state index contributed by atoms with van der Waals surface area (Å²) in [5.41, 5.74) is 15.7. The van der Waals surface area contributed by atoms with Crippen molar-refractivity contribution in [3.8, 4) is 55.6 Å². The summed E-state index contributed by atoms with van der Waals surface area (Å²) >= 11 is 3.80. The highest BCUT2D eigenvalue weighted by atomic mass is 32.1. The van der Waals surface area contributed by atoms with Gasteiger partial charge < -0.3 is 4.90 Å². The Balaban J connectivity index is 0.936. The Hall–Kier alpha value is -7.56. The minimum Gasteiger partial charge on any atom is -0.311 e. The van der Waals surface area contributed by atoms with Gasteiger partial charge in [-0.15, -0.1) is 22.7 Å². The predicted octanol–water partition coefficient (Wildman–Crippen LogP) is 18.2. The van der Waals surface area contributed by atoms with Crippen molar-refractivity contribution >= 4 is 80.1 Å². The van der Waals surface area contributed by atoms with Gasteiger partial charge in [0, 0.05) is 57.4 Å². The molecule has 0 N–H and O–H groups in total. The van der Waals surface area contributed by atoms with Crippen molar-refractivity contribution in [3.05, 3.63) is 237 Å². The minimum absolute atomic E-state index is 1.11. The smallest absolute Gasteiger partial charge is 0.0462 e. The molecule has 0 spiro atoms. The first-order valence-electron chi connectivity index (χ1n) is 21.4. The number of thiophene rings is 2. The standard InChI is InChI=1S/C60H39NS2/c1-4-14-40(15-5-1)41-28-34-46(35-29-41)61(47-36-30-44(31-37-47)51-22-12-26-55-53-24-10-20-49(57(53)62-59(51)55)42-16-6-2-7-17-42)48-38-32-45(33-39-48)52-23-13-27-56-54-25-11-21-50(58(54)63-60(52)56)43-18-8-3-9-19-43/h1-39H. The van der Waals surface area contributed by atoms with Gasteiger partial charge in [-0.1, -0.05) is 200 Å². The average molecular weight is 838 g/mol. The molecule has 10 aromatic carbocycles. The van der Waals surface area contributed by atoms with Crippen molar-refractivity contribution in [2.45, 2.75) is 0 Å². The molecule has 0 radical (unpaired) electrons.